The second kappa shape index (κ2) is 8.54. The van der Waals surface area contributed by atoms with Crippen molar-refractivity contribution >= 4 is 24.8 Å². The van der Waals surface area contributed by atoms with Gasteiger partial charge < -0.3 is 5.32 Å². The molecule has 0 bridgehead atoms. The van der Waals surface area contributed by atoms with Gasteiger partial charge in [0.15, 0.2) is 0 Å². The summed E-state index contributed by atoms with van der Waals surface area (Å²) in [4.78, 5) is 1.96. The molecule has 1 aromatic rings. The molecule has 10 heteroatoms. The zero-order valence-corrected chi connectivity index (χ0v) is 15.3. The number of rotatable bonds is 3. The number of halogens is 8. The maximum atomic E-state index is 13.4. The van der Waals surface area contributed by atoms with Crippen LogP contribution in [0.4, 0.5) is 26.3 Å². The van der Waals surface area contributed by atoms with Crippen molar-refractivity contribution in [3.63, 3.8) is 0 Å². The molecular weight excluding hydrogens is 405 g/mol. The third-order valence-electron chi connectivity index (χ3n) is 4.62. The number of hydrogen-bond acceptors (Lipinski definition) is 2. The lowest BCUT2D eigenvalue weighted by atomic mass is 9.92. The van der Waals surface area contributed by atoms with Crippen LogP contribution in [0.15, 0.2) is 18.2 Å². The van der Waals surface area contributed by atoms with E-state index in [1.54, 1.807) is 0 Å². The van der Waals surface area contributed by atoms with Gasteiger partial charge in [-0.1, -0.05) is 6.07 Å². The van der Waals surface area contributed by atoms with Gasteiger partial charge in [-0.2, -0.15) is 26.3 Å². The van der Waals surface area contributed by atoms with E-state index in [4.69, 9.17) is 0 Å². The maximum absolute atomic E-state index is 13.4. The molecular formula is C16H20Cl2F6N2. The van der Waals surface area contributed by atoms with Gasteiger partial charge in [-0.3, -0.25) is 4.90 Å². The Morgan fingerprint density at radius 2 is 1.50 bits per heavy atom. The average molecular weight is 425 g/mol. The Morgan fingerprint density at radius 3 is 1.96 bits per heavy atom. The highest BCUT2D eigenvalue weighted by Crippen LogP contribution is 2.48. The van der Waals surface area contributed by atoms with Crippen LogP contribution in [0.2, 0.25) is 0 Å². The predicted molar refractivity (Wildman–Crippen MR) is 90.8 cm³/mol. The first-order valence-electron chi connectivity index (χ1n) is 7.91. The van der Waals surface area contributed by atoms with Crippen molar-refractivity contribution in [2.24, 2.45) is 5.92 Å². The minimum atomic E-state index is -4.81. The summed E-state index contributed by atoms with van der Waals surface area (Å²) >= 11 is 0. The zero-order valence-electron chi connectivity index (χ0n) is 13.7. The van der Waals surface area contributed by atoms with Crippen LogP contribution in [0.25, 0.3) is 0 Å². The lowest BCUT2D eigenvalue weighted by molar-refractivity contribution is -0.143. The molecule has 1 saturated carbocycles. The molecule has 1 atom stereocenters. The quantitative estimate of drug-likeness (QED) is 0.692. The zero-order chi connectivity index (χ0) is 17.5. The Labute approximate surface area is 160 Å². The van der Waals surface area contributed by atoms with Gasteiger partial charge in [0.2, 0.25) is 0 Å². The van der Waals surface area contributed by atoms with E-state index in [2.05, 4.69) is 5.32 Å². The molecule has 1 saturated heterocycles. The van der Waals surface area contributed by atoms with Crippen LogP contribution in [-0.4, -0.2) is 31.1 Å². The van der Waals surface area contributed by atoms with E-state index in [0.29, 0.717) is 26.2 Å². The lowest BCUT2D eigenvalue weighted by Crippen LogP contribution is -2.46. The second-order valence-corrected chi connectivity index (χ2v) is 6.37. The van der Waals surface area contributed by atoms with Gasteiger partial charge in [0.1, 0.15) is 0 Å². The molecule has 1 aliphatic heterocycles. The van der Waals surface area contributed by atoms with Crippen LogP contribution in [0.5, 0.6) is 0 Å². The summed E-state index contributed by atoms with van der Waals surface area (Å²) < 4.78 is 78.8. The van der Waals surface area contributed by atoms with Gasteiger partial charge in [0.25, 0.3) is 0 Å². The topological polar surface area (TPSA) is 15.3 Å². The molecule has 0 radical (unpaired) electrons. The molecule has 1 heterocycles. The smallest absolute Gasteiger partial charge is 0.314 e. The van der Waals surface area contributed by atoms with Crippen LogP contribution < -0.4 is 5.32 Å². The summed E-state index contributed by atoms with van der Waals surface area (Å²) in [7, 11) is 0. The largest absolute Gasteiger partial charge is 0.416 e. The van der Waals surface area contributed by atoms with E-state index in [1.165, 1.54) is 0 Å². The third-order valence-corrected chi connectivity index (χ3v) is 4.62. The Balaban J connectivity index is 0.00000169. The number of nitrogens with one attached hydrogen (secondary N) is 1. The number of nitrogens with zero attached hydrogens (tertiary/aromatic N) is 1. The van der Waals surface area contributed by atoms with Gasteiger partial charge in [0, 0.05) is 32.2 Å². The third kappa shape index (κ3) is 5.18. The minimum absolute atomic E-state index is 0. The average Bonchev–Trinajstić information content (AvgIpc) is 3.31. The van der Waals surface area contributed by atoms with E-state index in [9.17, 15) is 26.3 Å². The lowest BCUT2D eigenvalue weighted by Gasteiger charge is -2.36. The fraction of sp³-hybridized carbons (Fsp3) is 0.625. The van der Waals surface area contributed by atoms with Crippen LogP contribution in [0.1, 0.15) is 35.6 Å². The van der Waals surface area contributed by atoms with Crippen molar-refractivity contribution < 1.29 is 26.3 Å². The highest BCUT2D eigenvalue weighted by molar-refractivity contribution is 5.85. The van der Waals surface area contributed by atoms with Crippen molar-refractivity contribution in [2.75, 3.05) is 26.2 Å². The summed E-state index contributed by atoms with van der Waals surface area (Å²) in [6, 6.07) is 1.58. The Hall–Kier alpha value is -0.700. The van der Waals surface area contributed by atoms with E-state index in [-0.39, 0.29) is 42.4 Å². The molecule has 0 aromatic heterocycles. The Morgan fingerprint density at radius 1 is 0.923 bits per heavy atom. The number of alkyl halides is 6. The van der Waals surface area contributed by atoms with Crippen molar-refractivity contribution in [2.45, 2.75) is 31.2 Å². The molecule has 2 nitrogen and oxygen atoms in total. The highest BCUT2D eigenvalue weighted by Gasteiger charge is 2.44. The first kappa shape index (κ1) is 23.3. The van der Waals surface area contributed by atoms with Gasteiger partial charge in [-0.25, -0.2) is 0 Å². The number of hydrogen-bond donors (Lipinski definition) is 1. The highest BCUT2D eigenvalue weighted by atomic mass is 35.5. The molecule has 0 spiro atoms. The van der Waals surface area contributed by atoms with Crippen molar-refractivity contribution in [1.82, 2.24) is 10.2 Å². The summed E-state index contributed by atoms with van der Waals surface area (Å²) in [5.74, 6) is 0.0842. The molecule has 1 N–H and O–H groups in total. The van der Waals surface area contributed by atoms with E-state index < -0.39 is 29.5 Å². The molecule has 3 rings (SSSR count). The fourth-order valence-corrected chi connectivity index (χ4v) is 3.36. The SMILES string of the molecule is Cl.Cl.FC(F)(F)c1ccc([C@H](C2CC2)N2CCNCC2)c(C(F)(F)F)c1. The standard InChI is InChI=1S/C16H18F6N2.2ClH/c17-15(18,19)11-3-4-12(13(9-11)16(20,21)22)14(10-1-2-10)24-7-5-23-6-8-24;;/h3-4,9-10,14,23H,1-2,5-8H2;2*1H/t14-;;/m0../s1. The Bertz CT molecular complexity index is 595. The number of benzene rings is 1. The van der Waals surface area contributed by atoms with E-state index in [0.717, 1.165) is 25.0 Å². The minimum Gasteiger partial charge on any atom is -0.314 e. The molecule has 150 valence electrons. The molecule has 1 aromatic carbocycles. The van der Waals surface area contributed by atoms with E-state index >= 15 is 0 Å². The maximum Gasteiger partial charge on any atom is 0.416 e. The monoisotopic (exact) mass is 424 g/mol. The van der Waals surface area contributed by atoms with Crippen molar-refractivity contribution in [1.29, 1.82) is 0 Å². The Kier molecular flexibility index (Phi) is 7.67. The molecule has 0 amide bonds. The van der Waals surface area contributed by atoms with Crippen molar-refractivity contribution in [3.05, 3.63) is 34.9 Å². The summed E-state index contributed by atoms with van der Waals surface area (Å²) in [5.41, 5.74) is -2.44. The predicted octanol–water partition coefficient (Wildman–Crippen LogP) is 4.92. The fourth-order valence-electron chi connectivity index (χ4n) is 3.36. The molecule has 1 aliphatic carbocycles. The normalized spacial score (nSPS) is 20.1. The van der Waals surface area contributed by atoms with E-state index in [1.807, 2.05) is 4.90 Å². The summed E-state index contributed by atoms with van der Waals surface area (Å²) in [5, 5.41) is 3.14. The first-order chi connectivity index (χ1) is 11.2. The first-order valence-corrected chi connectivity index (χ1v) is 7.91. The van der Waals surface area contributed by atoms with Crippen molar-refractivity contribution in [3.8, 4) is 0 Å². The summed E-state index contributed by atoms with van der Waals surface area (Å²) in [6.07, 6.45) is -7.97. The second-order valence-electron chi connectivity index (χ2n) is 6.37. The number of piperazine rings is 1. The molecule has 0 unspecified atom stereocenters. The van der Waals surface area contributed by atoms with Crippen LogP contribution in [0, 0.1) is 5.92 Å². The van der Waals surface area contributed by atoms with Gasteiger partial charge in [-0.05, 0) is 36.5 Å². The van der Waals surface area contributed by atoms with Gasteiger partial charge >= 0.3 is 12.4 Å². The van der Waals surface area contributed by atoms with Gasteiger partial charge in [-0.15, -0.1) is 24.8 Å². The van der Waals surface area contributed by atoms with Gasteiger partial charge in [0.05, 0.1) is 11.1 Å². The summed E-state index contributed by atoms with van der Waals surface area (Å²) in [6.45, 7) is 2.54. The van der Waals surface area contributed by atoms with Crippen LogP contribution >= 0.6 is 24.8 Å². The van der Waals surface area contributed by atoms with Crippen LogP contribution in [0.3, 0.4) is 0 Å². The molecule has 2 fully saturated rings. The molecule has 2 aliphatic rings. The molecule has 26 heavy (non-hydrogen) atoms. The van der Waals surface area contributed by atoms with Crippen LogP contribution in [-0.2, 0) is 12.4 Å².